The van der Waals surface area contributed by atoms with E-state index in [4.69, 9.17) is 4.42 Å². The molecule has 22 heavy (non-hydrogen) atoms. The highest BCUT2D eigenvalue weighted by Gasteiger charge is 2.10. The summed E-state index contributed by atoms with van der Waals surface area (Å²) in [4.78, 5) is 4.25. The van der Waals surface area contributed by atoms with E-state index in [9.17, 15) is 0 Å². The summed E-state index contributed by atoms with van der Waals surface area (Å²) < 4.78 is 6.40. The first kappa shape index (κ1) is 19.0. The summed E-state index contributed by atoms with van der Waals surface area (Å²) in [7, 11) is 1.77. The van der Waals surface area contributed by atoms with Crippen LogP contribution in [0.3, 0.4) is 0 Å². The van der Waals surface area contributed by atoms with Gasteiger partial charge in [-0.2, -0.15) is 0 Å². The fraction of sp³-hybridized carbons (Fsp3) is 0.312. The van der Waals surface area contributed by atoms with E-state index in [0.29, 0.717) is 0 Å². The van der Waals surface area contributed by atoms with Gasteiger partial charge in [-0.25, -0.2) is 0 Å². The second-order valence-electron chi connectivity index (χ2n) is 4.72. The van der Waals surface area contributed by atoms with Gasteiger partial charge < -0.3 is 15.1 Å². The maximum Gasteiger partial charge on any atom is 0.191 e. The molecule has 0 saturated heterocycles. The number of rotatable bonds is 5. The molecule has 1 aromatic carbocycles. The van der Waals surface area contributed by atoms with Crippen LogP contribution in [-0.4, -0.2) is 19.6 Å². The predicted octanol–water partition coefficient (Wildman–Crippen LogP) is 4.13. The summed E-state index contributed by atoms with van der Waals surface area (Å²) >= 11 is 3.57. The van der Waals surface area contributed by atoms with Crippen LogP contribution >= 0.6 is 39.9 Å². The number of aliphatic imine (C=N–C) groups is 1. The smallest absolute Gasteiger partial charge is 0.191 e. The van der Waals surface area contributed by atoms with E-state index in [2.05, 4.69) is 44.5 Å². The molecule has 0 radical (unpaired) electrons. The van der Waals surface area contributed by atoms with Crippen LogP contribution in [0.25, 0.3) is 0 Å². The van der Waals surface area contributed by atoms with Crippen LogP contribution < -0.4 is 10.6 Å². The zero-order valence-corrected chi connectivity index (χ0v) is 16.6. The monoisotopic (exact) mass is 477 g/mol. The van der Waals surface area contributed by atoms with Crippen LogP contribution in [0.5, 0.6) is 0 Å². The first-order valence-corrected chi connectivity index (χ1v) is 7.74. The van der Waals surface area contributed by atoms with Crippen molar-refractivity contribution in [1.82, 2.24) is 10.6 Å². The minimum absolute atomic E-state index is 0. The number of hydrogen-bond acceptors (Lipinski definition) is 2. The van der Waals surface area contributed by atoms with Crippen molar-refractivity contribution in [2.24, 2.45) is 4.99 Å². The van der Waals surface area contributed by atoms with Gasteiger partial charge in [0.1, 0.15) is 5.76 Å². The Morgan fingerprint density at radius 2 is 2.05 bits per heavy atom. The number of halogens is 2. The highest BCUT2D eigenvalue weighted by atomic mass is 127. The fourth-order valence-electron chi connectivity index (χ4n) is 2.06. The zero-order chi connectivity index (χ0) is 15.1. The van der Waals surface area contributed by atoms with Crippen molar-refractivity contribution in [3.63, 3.8) is 0 Å². The summed E-state index contributed by atoms with van der Waals surface area (Å²) in [5.74, 6) is 1.75. The van der Waals surface area contributed by atoms with Crippen molar-refractivity contribution in [2.45, 2.75) is 19.4 Å². The second-order valence-corrected chi connectivity index (χ2v) is 5.57. The number of nitrogens with one attached hydrogen (secondary N) is 2. The van der Waals surface area contributed by atoms with Gasteiger partial charge in [0.15, 0.2) is 5.96 Å². The molecule has 2 aromatic rings. The molecule has 2 rings (SSSR count). The maximum atomic E-state index is 5.31. The van der Waals surface area contributed by atoms with Gasteiger partial charge >= 0.3 is 0 Å². The Balaban J connectivity index is 0.00000242. The molecule has 4 nitrogen and oxygen atoms in total. The largest absolute Gasteiger partial charge is 0.469 e. The van der Waals surface area contributed by atoms with Crippen molar-refractivity contribution in [2.75, 3.05) is 13.6 Å². The van der Waals surface area contributed by atoms with Crippen LogP contribution in [0.15, 0.2) is 56.5 Å². The number of furan rings is 1. The van der Waals surface area contributed by atoms with Gasteiger partial charge in [-0.15, -0.1) is 24.0 Å². The number of hydrogen-bond donors (Lipinski definition) is 2. The summed E-state index contributed by atoms with van der Waals surface area (Å²) in [6.45, 7) is 2.88. The van der Waals surface area contributed by atoms with Crippen molar-refractivity contribution < 1.29 is 4.42 Å². The van der Waals surface area contributed by atoms with E-state index in [0.717, 1.165) is 29.2 Å². The molecular weight excluding hydrogens is 457 g/mol. The molecule has 0 fully saturated rings. The molecule has 0 aliphatic rings. The van der Waals surface area contributed by atoms with E-state index >= 15 is 0 Å². The van der Waals surface area contributed by atoms with Crippen molar-refractivity contribution >= 4 is 45.9 Å². The van der Waals surface area contributed by atoms with Gasteiger partial charge in [-0.05, 0) is 30.7 Å². The molecule has 1 atom stereocenters. The first-order valence-electron chi connectivity index (χ1n) is 6.94. The van der Waals surface area contributed by atoms with Crippen molar-refractivity contribution in [3.8, 4) is 0 Å². The maximum absolute atomic E-state index is 5.31. The van der Waals surface area contributed by atoms with Gasteiger partial charge in [0.05, 0.1) is 12.3 Å². The third-order valence-electron chi connectivity index (χ3n) is 3.19. The van der Waals surface area contributed by atoms with Crippen LogP contribution in [0.2, 0.25) is 0 Å². The molecule has 0 bridgehead atoms. The molecule has 0 saturated carbocycles. The molecule has 1 unspecified atom stereocenters. The molecule has 0 amide bonds. The third kappa shape index (κ3) is 5.64. The molecule has 1 heterocycles. The van der Waals surface area contributed by atoms with Crippen LogP contribution in [0.1, 0.15) is 24.3 Å². The van der Waals surface area contributed by atoms with Gasteiger partial charge in [0, 0.05) is 24.5 Å². The Morgan fingerprint density at radius 1 is 1.27 bits per heavy atom. The number of guanidine groups is 1. The molecule has 2 N–H and O–H groups in total. The molecule has 120 valence electrons. The van der Waals surface area contributed by atoms with Gasteiger partial charge in [0.25, 0.3) is 0 Å². The van der Waals surface area contributed by atoms with Gasteiger partial charge in [-0.3, -0.25) is 4.99 Å². The summed E-state index contributed by atoms with van der Waals surface area (Å²) in [6, 6.07) is 12.2. The third-order valence-corrected chi connectivity index (χ3v) is 3.91. The second kappa shape index (κ2) is 9.89. The molecule has 0 aliphatic carbocycles. The molecular formula is C16H21BrIN3O. The van der Waals surface area contributed by atoms with E-state index < -0.39 is 0 Å². The molecule has 0 aliphatic heterocycles. The van der Waals surface area contributed by atoms with Crippen molar-refractivity contribution in [3.05, 3.63) is 58.5 Å². The quantitative estimate of drug-likeness (QED) is 0.386. The van der Waals surface area contributed by atoms with Crippen molar-refractivity contribution in [1.29, 1.82) is 0 Å². The molecule has 6 heteroatoms. The lowest BCUT2D eigenvalue weighted by molar-refractivity contribution is 0.506. The lowest BCUT2D eigenvalue weighted by atomic mass is 10.1. The molecule has 1 aromatic heterocycles. The first-order chi connectivity index (χ1) is 10.2. The van der Waals surface area contributed by atoms with E-state index in [1.807, 2.05) is 30.3 Å². The summed E-state index contributed by atoms with van der Waals surface area (Å²) in [5, 5.41) is 6.67. The Hall–Kier alpha value is -1.02. The zero-order valence-electron chi connectivity index (χ0n) is 12.7. The number of nitrogens with zero attached hydrogens (tertiary/aromatic N) is 1. The SMILES string of the molecule is CN=C(NCCc1ccco1)NC(C)c1ccccc1Br.I. The van der Waals surface area contributed by atoms with Crippen LogP contribution in [-0.2, 0) is 6.42 Å². The average molecular weight is 478 g/mol. The van der Waals surface area contributed by atoms with E-state index in [1.54, 1.807) is 13.3 Å². The Morgan fingerprint density at radius 3 is 2.68 bits per heavy atom. The topological polar surface area (TPSA) is 49.6 Å². The minimum atomic E-state index is 0. The molecule has 0 spiro atoms. The van der Waals surface area contributed by atoms with Crippen LogP contribution in [0, 0.1) is 0 Å². The lowest BCUT2D eigenvalue weighted by Gasteiger charge is -2.19. The Kier molecular flexibility index (Phi) is 8.55. The van der Waals surface area contributed by atoms with E-state index in [-0.39, 0.29) is 30.0 Å². The Labute approximate surface area is 156 Å². The van der Waals surface area contributed by atoms with Crippen LogP contribution in [0.4, 0.5) is 0 Å². The van der Waals surface area contributed by atoms with Gasteiger partial charge in [0.2, 0.25) is 0 Å². The van der Waals surface area contributed by atoms with Gasteiger partial charge in [-0.1, -0.05) is 34.1 Å². The standard InChI is InChI=1S/C16H20BrN3O.HI/c1-12(14-7-3-4-8-15(14)17)20-16(18-2)19-10-9-13-6-5-11-21-13;/h3-8,11-12H,9-10H2,1-2H3,(H2,18,19,20);1H. The lowest BCUT2D eigenvalue weighted by Crippen LogP contribution is -2.39. The van der Waals surface area contributed by atoms with E-state index in [1.165, 1.54) is 5.56 Å². The minimum Gasteiger partial charge on any atom is -0.469 e. The number of benzene rings is 1. The highest BCUT2D eigenvalue weighted by molar-refractivity contribution is 14.0. The average Bonchev–Trinajstić information content (AvgIpc) is 2.99. The highest BCUT2D eigenvalue weighted by Crippen LogP contribution is 2.22. The summed E-state index contributed by atoms with van der Waals surface area (Å²) in [6.07, 6.45) is 2.52. The predicted molar refractivity (Wildman–Crippen MR) is 105 cm³/mol. The Bertz CT molecular complexity index is 587. The normalized spacial score (nSPS) is 12.4. The fourth-order valence-corrected chi connectivity index (χ4v) is 2.69. The summed E-state index contributed by atoms with van der Waals surface area (Å²) in [5.41, 5.74) is 1.20.